The smallest absolute Gasteiger partial charge is 0.261 e. The van der Waals surface area contributed by atoms with Crippen molar-refractivity contribution in [1.82, 2.24) is 9.80 Å². The highest BCUT2D eigenvalue weighted by atomic mass is 19.1. The average Bonchev–Trinajstić information content (AvgIpc) is 2.85. The number of aliphatic hydroxyl groups is 1. The Morgan fingerprint density at radius 2 is 1.59 bits per heavy atom. The Morgan fingerprint density at radius 1 is 0.941 bits per heavy atom. The Labute approximate surface area is 197 Å². The molecule has 7 heteroatoms. The van der Waals surface area contributed by atoms with Gasteiger partial charge in [-0.05, 0) is 61.5 Å². The van der Waals surface area contributed by atoms with Crippen LogP contribution in [0.15, 0.2) is 60.7 Å². The van der Waals surface area contributed by atoms with E-state index in [1.165, 1.54) is 17.0 Å². The quantitative estimate of drug-likeness (QED) is 0.542. The van der Waals surface area contributed by atoms with E-state index >= 15 is 0 Å². The standard InChI is InChI=1S/C27H27FN2O4/c28-23-9-1-2-10-24(23)34-17-20(31)16-29-13-11-18(12-14-29)15-30-26(32)21-7-3-5-19-6-4-8-22(25(19)21)27(30)33/h1-10,18,20,31H,11-17H2/t20-/m1/s1. The third-order valence-electron chi connectivity index (χ3n) is 6.74. The number of carbonyl (C=O) groups excluding carboxylic acids is 2. The molecular formula is C27H27FN2O4. The first-order chi connectivity index (χ1) is 16.5. The molecule has 3 aromatic carbocycles. The van der Waals surface area contributed by atoms with Crippen LogP contribution >= 0.6 is 0 Å². The van der Waals surface area contributed by atoms with E-state index in [0.29, 0.717) is 24.2 Å². The Bertz CT molecular complexity index is 1170. The first-order valence-electron chi connectivity index (χ1n) is 11.7. The lowest BCUT2D eigenvalue weighted by atomic mass is 9.91. The van der Waals surface area contributed by atoms with Gasteiger partial charge in [0.1, 0.15) is 12.7 Å². The zero-order valence-corrected chi connectivity index (χ0v) is 18.8. The number of imide groups is 1. The summed E-state index contributed by atoms with van der Waals surface area (Å²) in [7, 11) is 0. The predicted molar refractivity (Wildman–Crippen MR) is 126 cm³/mol. The third kappa shape index (κ3) is 4.41. The Kier molecular flexibility index (Phi) is 6.30. The number of nitrogens with zero attached hydrogens (tertiary/aromatic N) is 2. The summed E-state index contributed by atoms with van der Waals surface area (Å²) in [6.07, 6.45) is 0.909. The largest absolute Gasteiger partial charge is 0.488 e. The molecule has 176 valence electrons. The second kappa shape index (κ2) is 9.52. The number of piperidine rings is 1. The molecule has 1 fully saturated rings. The minimum Gasteiger partial charge on any atom is -0.488 e. The van der Waals surface area contributed by atoms with Gasteiger partial charge >= 0.3 is 0 Å². The fraction of sp³-hybridized carbons (Fsp3) is 0.333. The average molecular weight is 463 g/mol. The van der Waals surface area contributed by atoms with E-state index in [1.54, 1.807) is 24.3 Å². The van der Waals surface area contributed by atoms with Gasteiger partial charge < -0.3 is 14.7 Å². The van der Waals surface area contributed by atoms with Gasteiger partial charge in [0.05, 0.1) is 0 Å². The number of halogens is 1. The van der Waals surface area contributed by atoms with Crippen LogP contribution in [0.1, 0.15) is 33.6 Å². The van der Waals surface area contributed by atoms with E-state index in [2.05, 4.69) is 4.90 Å². The zero-order chi connectivity index (χ0) is 23.7. The molecule has 6 nitrogen and oxygen atoms in total. The van der Waals surface area contributed by atoms with Crippen LogP contribution in [0.3, 0.4) is 0 Å². The molecule has 3 aromatic rings. The maximum absolute atomic E-state index is 13.7. The summed E-state index contributed by atoms with van der Waals surface area (Å²) in [5, 5.41) is 12.0. The number of ether oxygens (including phenoxy) is 1. The van der Waals surface area contributed by atoms with Gasteiger partial charge in [0.15, 0.2) is 11.6 Å². The molecule has 0 unspecified atom stereocenters. The molecule has 5 rings (SSSR count). The Morgan fingerprint density at radius 3 is 2.24 bits per heavy atom. The van der Waals surface area contributed by atoms with Crippen molar-refractivity contribution in [2.75, 3.05) is 32.8 Å². The van der Waals surface area contributed by atoms with E-state index in [-0.39, 0.29) is 30.1 Å². The predicted octanol–water partition coefficient (Wildman–Crippen LogP) is 3.73. The topological polar surface area (TPSA) is 70.1 Å². The van der Waals surface area contributed by atoms with Gasteiger partial charge in [-0.2, -0.15) is 0 Å². The molecule has 0 bridgehead atoms. The molecular weight excluding hydrogens is 435 g/mol. The number of rotatable bonds is 7. The number of para-hydroxylation sites is 1. The number of likely N-dealkylation sites (tertiary alicyclic amines) is 1. The lowest BCUT2D eigenvalue weighted by molar-refractivity contribution is 0.0448. The molecule has 2 heterocycles. The van der Waals surface area contributed by atoms with Crippen LogP contribution < -0.4 is 4.74 Å². The van der Waals surface area contributed by atoms with Gasteiger partial charge in [0.2, 0.25) is 0 Å². The van der Waals surface area contributed by atoms with Crippen molar-refractivity contribution in [3.8, 4) is 5.75 Å². The van der Waals surface area contributed by atoms with Crippen molar-refractivity contribution in [2.45, 2.75) is 18.9 Å². The van der Waals surface area contributed by atoms with Crippen molar-refractivity contribution in [2.24, 2.45) is 5.92 Å². The highest BCUT2D eigenvalue weighted by Crippen LogP contribution is 2.31. The number of amides is 2. The number of hydrogen-bond acceptors (Lipinski definition) is 5. The molecule has 1 atom stereocenters. The number of carbonyl (C=O) groups is 2. The molecule has 34 heavy (non-hydrogen) atoms. The molecule has 1 N–H and O–H groups in total. The second-order valence-electron chi connectivity index (χ2n) is 9.07. The van der Waals surface area contributed by atoms with Crippen LogP contribution in [0, 0.1) is 11.7 Å². The number of hydrogen-bond donors (Lipinski definition) is 1. The van der Waals surface area contributed by atoms with E-state index in [0.717, 1.165) is 36.7 Å². The summed E-state index contributed by atoms with van der Waals surface area (Å²) >= 11 is 0. The number of benzene rings is 3. The van der Waals surface area contributed by atoms with E-state index in [4.69, 9.17) is 4.74 Å². The number of aliphatic hydroxyl groups excluding tert-OH is 1. The molecule has 0 spiro atoms. The lowest BCUT2D eigenvalue weighted by Crippen LogP contribution is -2.46. The van der Waals surface area contributed by atoms with Crippen LogP contribution in [0.4, 0.5) is 4.39 Å². The van der Waals surface area contributed by atoms with Crippen LogP contribution in [0.5, 0.6) is 5.75 Å². The molecule has 2 aliphatic heterocycles. The maximum Gasteiger partial charge on any atom is 0.261 e. The molecule has 0 saturated carbocycles. The van der Waals surface area contributed by atoms with Gasteiger partial charge in [-0.1, -0.05) is 36.4 Å². The van der Waals surface area contributed by atoms with Crippen molar-refractivity contribution >= 4 is 22.6 Å². The number of β-amino-alcohol motifs (C(OH)–C–C–N with tert-alkyl or cyclic N) is 1. The lowest BCUT2D eigenvalue weighted by Gasteiger charge is -2.36. The summed E-state index contributed by atoms with van der Waals surface area (Å²) in [5.74, 6) is -0.556. The molecule has 0 aromatic heterocycles. The maximum atomic E-state index is 13.7. The molecule has 0 radical (unpaired) electrons. The van der Waals surface area contributed by atoms with E-state index in [9.17, 15) is 19.1 Å². The third-order valence-corrected chi connectivity index (χ3v) is 6.74. The zero-order valence-electron chi connectivity index (χ0n) is 18.8. The van der Waals surface area contributed by atoms with Crippen LogP contribution in [-0.4, -0.2) is 65.6 Å². The minimum absolute atomic E-state index is 0.0165. The van der Waals surface area contributed by atoms with Gasteiger partial charge in [0, 0.05) is 29.6 Å². The highest BCUT2D eigenvalue weighted by molar-refractivity contribution is 6.25. The van der Waals surface area contributed by atoms with Gasteiger partial charge in [-0.25, -0.2) is 4.39 Å². The first kappa shape index (κ1) is 22.5. The summed E-state index contributed by atoms with van der Waals surface area (Å²) in [4.78, 5) is 29.8. The SMILES string of the molecule is O=C1c2cccc3cccc(c23)C(=O)N1CC1CCN(C[C@@H](O)COc2ccccc2F)CC1. The summed E-state index contributed by atoms with van der Waals surface area (Å²) in [6, 6.07) is 17.3. The monoisotopic (exact) mass is 462 g/mol. The minimum atomic E-state index is -0.738. The Balaban J connectivity index is 1.15. The Hall–Kier alpha value is -3.29. The van der Waals surface area contributed by atoms with E-state index < -0.39 is 11.9 Å². The fourth-order valence-corrected chi connectivity index (χ4v) is 4.95. The van der Waals surface area contributed by atoms with Gasteiger partial charge in [-0.15, -0.1) is 0 Å². The summed E-state index contributed by atoms with van der Waals surface area (Å²) in [6.45, 7) is 2.35. The molecule has 2 aliphatic rings. The fourth-order valence-electron chi connectivity index (χ4n) is 4.95. The molecule has 1 saturated heterocycles. The summed E-state index contributed by atoms with van der Waals surface area (Å²) in [5.41, 5.74) is 1.17. The normalized spacial score (nSPS) is 17.9. The van der Waals surface area contributed by atoms with Crippen molar-refractivity contribution in [3.05, 3.63) is 77.6 Å². The van der Waals surface area contributed by atoms with Crippen molar-refractivity contribution in [3.63, 3.8) is 0 Å². The second-order valence-corrected chi connectivity index (χ2v) is 9.07. The van der Waals surface area contributed by atoms with Crippen LogP contribution in [-0.2, 0) is 0 Å². The van der Waals surface area contributed by atoms with E-state index in [1.807, 2.05) is 24.3 Å². The van der Waals surface area contributed by atoms with Gasteiger partial charge in [0.25, 0.3) is 11.8 Å². The first-order valence-corrected chi connectivity index (χ1v) is 11.7. The van der Waals surface area contributed by atoms with Crippen molar-refractivity contribution in [1.29, 1.82) is 0 Å². The van der Waals surface area contributed by atoms with Crippen molar-refractivity contribution < 1.29 is 23.8 Å². The van der Waals surface area contributed by atoms with Crippen LogP contribution in [0.2, 0.25) is 0 Å². The van der Waals surface area contributed by atoms with Gasteiger partial charge in [-0.3, -0.25) is 14.5 Å². The van der Waals surface area contributed by atoms with Crippen LogP contribution in [0.25, 0.3) is 10.8 Å². The molecule has 2 amide bonds. The summed E-state index contributed by atoms with van der Waals surface area (Å²) < 4.78 is 19.1. The molecule has 0 aliphatic carbocycles. The highest BCUT2D eigenvalue weighted by Gasteiger charge is 2.34.